The molecule has 1 heterocycles. The topological polar surface area (TPSA) is 50.4 Å². The van der Waals surface area contributed by atoms with Crippen LogP contribution in [0.25, 0.3) is 0 Å². The van der Waals surface area contributed by atoms with Crippen molar-refractivity contribution in [2.75, 3.05) is 25.1 Å². The Morgan fingerprint density at radius 2 is 2.23 bits per heavy atom. The highest BCUT2D eigenvalue weighted by Crippen LogP contribution is 2.31. The molecule has 1 aromatic rings. The van der Waals surface area contributed by atoms with E-state index in [1.165, 1.54) is 31.2 Å². The van der Waals surface area contributed by atoms with E-state index in [2.05, 4.69) is 22.8 Å². The van der Waals surface area contributed by atoms with Gasteiger partial charge in [0.15, 0.2) is 0 Å². The maximum Gasteiger partial charge on any atom is 0.243 e. The van der Waals surface area contributed by atoms with Crippen LogP contribution in [0.3, 0.4) is 0 Å². The standard InChI is InChI=1S/C17H24N2O2S/c20-17(16-11-21-9-8-18-16)19-14-5-3-4-13(10-14)12-22-15-6-1-2-7-15/h3-5,10,15-16,18H,1-2,6-9,11-12H2,(H,19,20)/t16-/m1/s1. The van der Waals surface area contributed by atoms with E-state index in [0.29, 0.717) is 13.2 Å². The number of anilines is 1. The molecule has 1 saturated carbocycles. The van der Waals surface area contributed by atoms with Gasteiger partial charge < -0.3 is 15.4 Å². The van der Waals surface area contributed by atoms with Crippen LogP contribution in [-0.2, 0) is 15.3 Å². The number of thioether (sulfide) groups is 1. The van der Waals surface area contributed by atoms with Gasteiger partial charge in [-0.2, -0.15) is 11.8 Å². The Labute approximate surface area is 136 Å². The van der Waals surface area contributed by atoms with Gasteiger partial charge in [-0.15, -0.1) is 0 Å². The summed E-state index contributed by atoms with van der Waals surface area (Å²) in [6.07, 6.45) is 5.47. The molecule has 0 radical (unpaired) electrons. The number of benzene rings is 1. The lowest BCUT2D eigenvalue weighted by Gasteiger charge is -2.23. The third-order valence-corrected chi connectivity index (χ3v) is 5.66. The van der Waals surface area contributed by atoms with Crippen LogP contribution in [0, 0.1) is 0 Å². The molecule has 3 rings (SSSR count). The van der Waals surface area contributed by atoms with Gasteiger partial charge in [0.1, 0.15) is 6.04 Å². The molecule has 120 valence electrons. The second-order valence-corrected chi connectivity index (χ2v) is 7.28. The Morgan fingerprint density at radius 1 is 1.36 bits per heavy atom. The zero-order valence-electron chi connectivity index (χ0n) is 12.8. The van der Waals surface area contributed by atoms with E-state index >= 15 is 0 Å². The number of ether oxygens (including phenoxy) is 1. The molecule has 0 unspecified atom stereocenters. The third kappa shape index (κ3) is 4.48. The molecule has 2 N–H and O–H groups in total. The highest BCUT2D eigenvalue weighted by atomic mass is 32.2. The fraction of sp³-hybridized carbons (Fsp3) is 0.588. The maximum atomic E-state index is 12.2. The highest BCUT2D eigenvalue weighted by Gasteiger charge is 2.21. The number of hydrogen-bond donors (Lipinski definition) is 2. The van der Waals surface area contributed by atoms with Crippen molar-refractivity contribution in [3.8, 4) is 0 Å². The second-order valence-electron chi connectivity index (χ2n) is 5.99. The molecule has 0 bridgehead atoms. The van der Waals surface area contributed by atoms with Gasteiger partial charge in [-0.25, -0.2) is 0 Å². The Hall–Kier alpha value is -1.04. The number of amides is 1. The molecule has 2 fully saturated rings. The monoisotopic (exact) mass is 320 g/mol. The van der Waals surface area contributed by atoms with Crippen molar-refractivity contribution in [3.63, 3.8) is 0 Å². The summed E-state index contributed by atoms with van der Waals surface area (Å²) >= 11 is 2.05. The summed E-state index contributed by atoms with van der Waals surface area (Å²) in [5.41, 5.74) is 2.16. The molecular weight excluding hydrogens is 296 g/mol. The zero-order chi connectivity index (χ0) is 15.2. The lowest BCUT2D eigenvalue weighted by Crippen LogP contribution is -2.48. The Kier molecular flexibility index (Phi) is 5.76. The first-order chi connectivity index (χ1) is 10.8. The largest absolute Gasteiger partial charge is 0.378 e. The van der Waals surface area contributed by atoms with Crippen molar-refractivity contribution in [1.82, 2.24) is 5.32 Å². The molecular formula is C17H24N2O2S. The second kappa shape index (κ2) is 7.99. The number of carbonyl (C=O) groups excluding carboxylic acids is 1. The van der Waals surface area contributed by atoms with E-state index in [1.807, 2.05) is 23.9 Å². The van der Waals surface area contributed by atoms with Gasteiger partial charge >= 0.3 is 0 Å². The molecule has 0 spiro atoms. The predicted octanol–water partition coefficient (Wildman–Crippen LogP) is 2.79. The van der Waals surface area contributed by atoms with Gasteiger partial charge in [-0.1, -0.05) is 25.0 Å². The minimum Gasteiger partial charge on any atom is -0.378 e. The number of hydrogen-bond acceptors (Lipinski definition) is 4. The summed E-state index contributed by atoms with van der Waals surface area (Å²) in [6, 6.07) is 7.95. The van der Waals surface area contributed by atoms with Gasteiger partial charge in [0.2, 0.25) is 5.91 Å². The number of morpholine rings is 1. The quantitative estimate of drug-likeness (QED) is 0.876. The van der Waals surface area contributed by atoms with Crippen molar-refractivity contribution < 1.29 is 9.53 Å². The summed E-state index contributed by atoms with van der Waals surface area (Å²) in [4.78, 5) is 12.2. The van der Waals surface area contributed by atoms with Crippen molar-refractivity contribution in [1.29, 1.82) is 0 Å². The average molecular weight is 320 g/mol. The van der Waals surface area contributed by atoms with E-state index in [4.69, 9.17) is 4.74 Å². The molecule has 1 atom stereocenters. The molecule has 1 aliphatic heterocycles. The van der Waals surface area contributed by atoms with Crippen molar-refractivity contribution in [3.05, 3.63) is 29.8 Å². The molecule has 5 heteroatoms. The first kappa shape index (κ1) is 15.8. The normalized spacial score (nSPS) is 22.6. The van der Waals surface area contributed by atoms with Gasteiger partial charge in [0.05, 0.1) is 13.2 Å². The summed E-state index contributed by atoms with van der Waals surface area (Å²) in [5.74, 6) is 1.01. The van der Waals surface area contributed by atoms with Gasteiger partial charge in [0.25, 0.3) is 0 Å². The zero-order valence-corrected chi connectivity index (χ0v) is 13.7. The van der Waals surface area contributed by atoms with Gasteiger partial charge in [-0.05, 0) is 30.5 Å². The van der Waals surface area contributed by atoms with E-state index in [-0.39, 0.29) is 11.9 Å². The molecule has 0 aromatic heterocycles. The Balaban J connectivity index is 1.52. The van der Waals surface area contributed by atoms with Crippen LogP contribution in [0.2, 0.25) is 0 Å². The van der Waals surface area contributed by atoms with Crippen LogP contribution < -0.4 is 10.6 Å². The summed E-state index contributed by atoms with van der Waals surface area (Å²) in [6.45, 7) is 1.86. The Morgan fingerprint density at radius 3 is 3.00 bits per heavy atom. The highest BCUT2D eigenvalue weighted by molar-refractivity contribution is 7.99. The number of rotatable bonds is 5. The van der Waals surface area contributed by atoms with Crippen LogP contribution in [0.15, 0.2) is 24.3 Å². The first-order valence-electron chi connectivity index (χ1n) is 8.14. The van der Waals surface area contributed by atoms with Gasteiger partial charge in [0, 0.05) is 23.2 Å². The molecule has 1 aliphatic carbocycles. The molecule has 1 saturated heterocycles. The first-order valence-corrected chi connectivity index (χ1v) is 9.19. The third-order valence-electron chi connectivity index (χ3n) is 4.22. The van der Waals surface area contributed by atoms with E-state index in [0.717, 1.165) is 23.2 Å². The molecule has 1 aromatic carbocycles. The lowest BCUT2D eigenvalue weighted by atomic mass is 10.2. The number of nitrogens with one attached hydrogen (secondary N) is 2. The average Bonchev–Trinajstić information content (AvgIpc) is 3.08. The molecule has 22 heavy (non-hydrogen) atoms. The summed E-state index contributed by atoms with van der Waals surface area (Å²) in [5, 5.41) is 6.99. The fourth-order valence-electron chi connectivity index (χ4n) is 2.97. The van der Waals surface area contributed by atoms with Crippen molar-refractivity contribution >= 4 is 23.4 Å². The van der Waals surface area contributed by atoms with Crippen LogP contribution in [0.4, 0.5) is 5.69 Å². The molecule has 1 amide bonds. The van der Waals surface area contributed by atoms with Gasteiger partial charge in [-0.3, -0.25) is 4.79 Å². The minimum atomic E-state index is -0.245. The molecule has 2 aliphatic rings. The van der Waals surface area contributed by atoms with Crippen molar-refractivity contribution in [2.45, 2.75) is 42.7 Å². The van der Waals surface area contributed by atoms with E-state index in [9.17, 15) is 4.79 Å². The SMILES string of the molecule is O=C(Nc1cccc(CSC2CCCC2)c1)[C@H]1COCCN1. The van der Waals surface area contributed by atoms with E-state index in [1.54, 1.807) is 0 Å². The van der Waals surface area contributed by atoms with Crippen LogP contribution >= 0.6 is 11.8 Å². The number of carbonyl (C=O) groups is 1. The molecule has 4 nitrogen and oxygen atoms in total. The summed E-state index contributed by atoms with van der Waals surface area (Å²) < 4.78 is 5.33. The maximum absolute atomic E-state index is 12.2. The van der Waals surface area contributed by atoms with Crippen LogP contribution in [0.1, 0.15) is 31.2 Å². The lowest BCUT2D eigenvalue weighted by molar-refractivity contribution is -0.120. The minimum absolute atomic E-state index is 0.0136. The summed E-state index contributed by atoms with van der Waals surface area (Å²) in [7, 11) is 0. The smallest absolute Gasteiger partial charge is 0.243 e. The van der Waals surface area contributed by atoms with Crippen molar-refractivity contribution in [2.24, 2.45) is 0 Å². The van der Waals surface area contributed by atoms with Crippen LogP contribution in [-0.4, -0.2) is 37.0 Å². The predicted molar refractivity (Wildman–Crippen MR) is 91.2 cm³/mol. The Bertz CT molecular complexity index is 497. The van der Waals surface area contributed by atoms with Crippen LogP contribution in [0.5, 0.6) is 0 Å². The fourth-order valence-corrected chi connectivity index (χ4v) is 4.25. The van der Waals surface area contributed by atoms with E-state index < -0.39 is 0 Å².